The highest BCUT2D eigenvalue weighted by Crippen LogP contribution is 2.34. The van der Waals surface area contributed by atoms with E-state index in [0.29, 0.717) is 0 Å². The first-order valence-electron chi connectivity index (χ1n) is 7.08. The number of aryl methyl sites for hydroxylation is 2. The Morgan fingerprint density at radius 1 is 1.05 bits per heavy atom. The molecule has 0 saturated heterocycles. The molecule has 1 unspecified atom stereocenters. The van der Waals surface area contributed by atoms with Gasteiger partial charge in [-0.25, -0.2) is 0 Å². The van der Waals surface area contributed by atoms with E-state index in [2.05, 4.69) is 19.9 Å². The van der Waals surface area contributed by atoms with Gasteiger partial charge in [-0.15, -0.1) is 0 Å². The Kier molecular flexibility index (Phi) is 3.36. The van der Waals surface area contributed by atoms with Crippen molar-refractivity contribution >= 4 is 11.0 Å². The second-order valence-corrected chi connectivity index (χ2v) is 4.92. The maximum absolute atomic E-state index is 6.50. The molecule has 0 radical (unpaired) electrons. The second kappa shape index (κ2) is 5.17. The third-order valence-corrected chi connectivity index (χ3v) is 3.78. The van der Waals surface area contributed by atoms with Crippen LogP contribution in [-0.4, -0.2) is 0 Å². The van der Waals surface area contributed by atoms with Crippen LogP contribution in [0.15, 0.2) is 45.4 Å². The molecule has 0 fully saturated rings. The van der Waals surface area contributed by atoms with Crippen molar-refractivity contribution < 1.29 is 8.83 Å². The van der Waals surface area contributed by atoms with Gasteiger partial charge < -0.3 is 14.6 Å². The third-order valence-electron chi connectivity index (χ3n) is 3.78. The van der Waals surface area contributed by atoms with E-state index in [1.54, 1.807) is 6.26 Å². The van der Waals surface area contributed by atoms with E-state index >= 15 is 0 Å². The van der Waals surface area contributed by atoms with Crippen LogP contribution in [0.2, 0.25) is 0 Å². The molecule has 3 heteroatoms. The molecule has 0 aliphatic heterocycles. The van der Waals surface area contributed by atoms with Crippen molar-refractivity contribution in [2.24, 2.45) is 5.73 Å². The number of nitrogens with two attached hydrogens (primary N) is 1. The van der Waals surface area contributed by atoms with Gasteiger partial charge >= 0.3 is 0 Å². The Morgan fingerprint density at radius 3 is 2.55 bits per heavy atom. The molecular weight excluding hydrogens is 250 g/mol. The van der Waals surface area contributed by atoms with Crippen molar-refractivity contribution in [3.63, 3.8) is 0 Å². The normalized spacial score (nSPS) is 12.9. The summed E-state index contributed by atoms with van der Waals surface area (Å²) in [6.45, 7) is 4.16. The Hall–Kier alpha value is -2.00. The number of hydrogen-bond acceptors (Lipinski definition) is 3. The van der Waals surface area contributed by atoms with Crippen molar-refractivity contribution in [1.82, 2.24) is 0 Å². The fraction of sp³-hybridized carbons (Fsp3) is 0.294. The molecule has 3 nitrogen and oxygen atoms in total. The lowest BCUT2D eigenvalue weighted by molar-refractivity contribution is 0.507. The number of fused-ring (bicyclic) bond motifs is 1. The molecule has 0 aliphatic rings. The quantitative estimate of drug-likeness (QED) is 0.772. The van der Waals surface area contributed by atoms with Gasteiger partial charge in [0.25, 0.3) is 0 Å². The van der Waals surface area contributed by atoms with Gasteiger partial charge in [-0.05, 0) is 12.1 Å². The number of benzene rings is 1. The molecule has 1 aromatic carbocycles. The first-order valence-corrected chi connectivity index (χ1v) is 7.08. The van der Waals surface area contributed by atoms with Crippen LogP contribution in [-0.2, 0) is 12.8 Å². The average Bonchev–Trinajstić information content (AvgIpc) is 3.10. The van der Waals surface area contributed by atoms with Gasteiger partial charge in [-0.3, -0.25) is 0 Å². The van der Waals surface area contributed by atoms with Crippen LogP contribution in [0.1, 0.15) is 42.5 Å². The molecule has 2 N–H and O–H groups in total. The Bertz CT molecular complexity index is 724. The Morgan fingerprint density at radius 2 is 1.80 bits per heavy atom. The summed E-state index contributed by atoms with van der Waals surface area (Å²) < 4.78 is 11.4. The summed E-state index contributed by atoms with van der Waals surface area (Å²) in [6.07, 6.45) is 3.38. The average molecular weight is 269 g/mol. The van der Waals surface area contributed by atoms with E-state index in [0.717, 1.165) is 46.5 Å². The van der Waals surface area contributed by atoms with Crippen LogP contribution in [0, 0.1) is 0 Å². The lowest BCUT2D eigenvalue weighted by atomic mass is 9.95. The van der Waals surface area contributed by atoms with Crippen LogP contribution in [0.3, 0.4) is 0 Å². The SMILES string of the molecule is CCc1occc1C(N)c1c(CC)oc2ccccc12. The zero-order chi connectivity index (χ0) is 14.1. The van der Waals surface area contributed by atoms with Gasteiger partial charge in [0.2, 0.25) is 0 Å². The van der Waals surface area contributed by atoms with Crippen LogP contribution < -0.4 is 5.73 Å². The molecule has 1 atom stereocenters. The van der Waals surface area contributed by atoms with Gasteiger partial charge in [-0.2, -0.15) is 0 Å². The molecule has 104 valence electrons. The minimum atomic E-state index is -0.206. The standard InChI is InChI=1S/C17H19NO2/c1-3-13-12(9-10-19-13)17(18)16-11-7-5-6-8-15(11)20-14(16)4-2/h5-10,17H,3-4,18H2,1-2H3. The summed E-state index contributed by atoms with van der Waals surface area (Å²) in [6, 6.07) is 9.81. The number of rotatable bonds is 4. The maximum Gasteiger partial charge on any atom is 0.134 e. The molecule has 0 saturated carbocycles. The minimum Gasteiger partial charge on any atom is -0.469 e. The van der Waals surface area contributed by atoms with Gasteiger partial charge in [0.05, 0.1) is 12.3 Å². The first kappa shape index (κ1) is 13.0. The number of hydrogen-bond donors (Lipinski definition) is 1. The van der Waals surface area contributed by atoms with Crippen molar-refractivity contribution in [2.75, 3.05) is 0 Å². The molecule has 3 aromatic rings. The predicted octanol–water partition coefficient (Wildman–Crippen LogP) is 4.20. The molecule has 3 rings (SSSR count). The third kappa shape index (κ3) is 1.95. The van der Waals surface area contributed by atoms with Gasteiger partial charge in [-0.1, -0.05) is 32.0 Å². The topological polar surface area (TPSA) is 52.3 Å². The van der Waals surface area contributed by atoms with Crippen molar-refractivity contribution in [1.29, 1.82) is 0 Å². The molecule has 0 aliphatic carbocycles. The fourth-order valence-corrected chi connectivity index (χ4v) is 2.79. The van der Waals surface area contributed by atoms with Crippen molar-refractivity contribution in [3.05, 3.63) is 59.2 Å². The van der Waals surface area contributed by atoms with E-state index < -0.39 is 0 Å². The summed E-state index contributed by atoms with van der Waals surface area (Å²) in [5.74, 6) is 1.91. The second-order valence-electron chi connectivity index (χ2n) is 4.92. The molecule has 0 bridgehead atoms. The van der Waals surface area contributed by atoms with Crippen molar-refractivity contribution in [3.8, 4) is 0 Å². The largest absolute Gasteiger partial charge is 0.469 e. The summed E-state index contributed by atoms with van der Waals surface area (Å²) in [5.41, 5.74) is 9.54. The molecule has 0 spiro atoms. The predicted molar refractivity (Wildman–Crippen MR) is 79.7 cm³/mol. The highest BCUT2D eigenvalue weighted by atomic mass is 16.3. The first-order chi connectivity index (χ1) is 9.76. The maximum atomic E-state index is 6.50. The highest BCUT2D eigenvalue weighted by Gasteiger charge is 2.23. The molecule has 2 heterocycles. The molecule has 0 amide bonds. The highest BCUT2D eigenvalue weighted by molar-refractivity contribution is 5.83. The van der Waals surface area contributed by atoms with Gasteiger partial charge in [0.15, 0.2) is 0 Å². The van der Waals surface area contributed by atoms with E-state index in [4.69, 9.17) is 14.6 Å². The molecule has 2 aromatic heterocycles. The molecular formula is C17H19NO2. The van der Waals surface area contributed by atoms with Gasteiger partial charge in [0.1, 0.15) is 17.1 Å². The molecule has 20 heavy (non-hydrogen) atoms. The Balaban J connectivity index is 2.18. The van der Waals surface area contributed by atoms with Crippen LogP contribution in [0.4, 0.5) is 0 Å². The van der Waals surface area contributed by atoms with Gasteiger partial charge in [0, 0.05) is 29.4 Å². The zero-order valence-electron chi connectivity index (χ0n) is 11.8. The lowest BCUT2D eigenvalue weighted by Crippen LogP contribution is -2.14. The lowest BCUT2D eigenvalue weighted by Gasteiger charge is -2.12. The summed E-state index contributed by atoms with van der Waals surface area (Å²) in [7, 11) is 0. The summed E-state index contributed by atoms with van der Waals surface area (Å²) in [5, 5.41) is 1.10. The van der Waals surface area contributed by atoms with Crippen LogP contribution >= 0.6 is 0 Å². The summed E-state index contributed by atoms with van der Waals surface area (Å²) >= 11 is 0. The minimum absolute atomic E-state index is 0.206. The van der Waals surface area contributed by atoms with Crippen molar-refractivity contribution in [2.45, 2.75) is 32.7 Å². The number of para-hydroxylation sites is 1. The van der Waals surface area contributed by atoms with E-state index in [1.807, 2.05) is 24.3 Å². The van der Waals surface area contributed by atoms with Crippen LogP contribution in [0.5, 0.6) is 0 Å². The van der Waals surface area contributed by atoms with E-state index in [1.165, 1.54) is 0 Å². The summed E-state index contributed by atoms with van der Waals surface area (Å²) in [4.78, 5) is 0. The number of furan rings is 2. The van der Waals surface area contributed by atoms with E-state index in [-0.39, 0.29) is 6.04 Å². The van der Waals surface area contributed by atoms with Crippen LogP contribution in [0.25, 0.3) is 11.0 Å². The fourth-order valence-electron chi connectivity index (χ4n) is 2.79. The Labute approximate surface area is 118 Å². The smallest absolute Gasteiger partial charge is 0.134 e. The zero-order valence-corrected chi connectivity index (χ0v) is 11.8. The monoisotopic (exact) mass is 269 g/mol. The van der Waals surface area contributed by atoms with E-state index in [9.17, 15) is 0 Å².